The molecule has 0 bridgehead atoms. The highest BCUT2D eigenvalue weighted by molar-refractivity contribution is 5.80. The van der Waals surface area contributed by atoms with Crippen LogP contribution in [0.25, 0.3) is 10.9 Å². The summed E-state index contributed by atoms with van der Waals surface area (Å²) in [6.07, 6.45) is 1.82. The van der Waals surface area contributed by atoms with Crippen molar-refractivity contribution in [1.82, 2.24) is 4.98 Å². The summed E-state index contributed by atoms with van der Waals surface area (Å²) in [5.74, 6) is 0. The molecular weight excluding hydrogens is 296 g/mol. The van der Waals surface area contributed by atoms with Crippen LogP contribution in [0.15, 0.2) is 60.8 Å². The summed E-state index contributed by atoms with van der Waals surface area (Å²) >= 11 is 0. The van der Waals surface area contributed by atoms with E-state index in [0.29, 0.717) is 13.2 Å². The van der Waals surface area contributed by atoms with Gasteiger partial charge in [-0.15, -0.1) is 0 Å². The van der Waals surface area contributed by atoms with E-state index in [-0.39, 0.29) is 13.0 Å². The van der Waals surface area contributed by atoms with Crippen molar-refractivity contribution in [2.24, 2.45) is 0 Å². The van der Waals surface area contributed by atoms with Gasteiger partial charge in [-0.25, -0.2) is 0 Å². The lowest BCUT2D eigenvalue weighted by Gasteiger charge is -2.38. The molecule has 1 saturated heterocycles. The van der Waals surface area contributed by atoms with Gasteiger partial charge in [-0.3, -0.25) is 4.98 Å². The Bertz CT molecular complexity index is 897. The molecule has 3 aromatic rings. The van der Waals surface area contributed by atoms with Crippen LogP contribution in [0.2, 0.25) is 0 Å². The van der Waals surface area contributed by atoms with Crippen molar-refractivity contribution < 1.29 is 9.31 Å². The van der Waals surface area contributed by atoms with Crippen LogP contribution in [-0.2, 0) is 10.3 Å². The number of benzene rings is 2. The summed E-state index contributed by atoms with van der Waals surface area (Å²) < 4.78 is 7.67. The summed E-state index contributed by atoms with van der Waals surface area (Å²) in [6, 6.07) is 18.8. The Kier molecular flexibility index (Phi) is 4.20. The SMILES string of the molecule is C.C=[N+](c1ccc2cccnc2c1)C1(c2ccccc2C)COC1. The van der Waals surface area contributed by atoms with E-state index >= 15 is 0 Å². The summed E-state index contributed by atoms with van der Waals surface area (Å²) in [4.78, 5) is 4.45. The van der Waals surface area contributed by atoms with Crippen molar-refractivity contribution in [1.29, 1.82) is 0 Å². The van der Waals surface area contributed by atoms with Gasteiger partial charge in [-0.1, -0.05) is 37.8 Å². The zero-order valence-electron chi connectivity index (χ0n) is 13.2. The van der Waals surface area contributed by atoms with Crippen LogP contribution in [0.4, 0.5) is 5.69 Å². The lowest BCUT2D eigenvalue weighted by molar-refractivity contribution is -0.576. The van der Waals surface area contributed by atoms with E-state index in [4.69, 9.17) is 4.74 Å². The summed E-state index contributed by atoms with van der Waals surface area (Å²) in [7, 11) is 0. The molecule has 1 fully saturated rings. The van der Waals surface area contributed by atoms with Crippen LogP contribution in [0.3, 0.4) is 0 Å². The zero-order chi connectivity index (χ0) is 15.9. The van der Waals surface area contributed by atoms with Crippen LogP contribution >= 0.6 is 0 Å². The molecule has 1 aliphatic heterocycles. The van der Waals surface area contributed by atoms with E-state index in [1.165, 1.54) is 11.1 Å². The average Bonchev–Trinajstić information content (AvgIpc) is 2.55. The Morgan fingerprint density at radius 2 is 1.88 bits per heavy atom. The molecule has 0 aliphatic carbocycles. The molecule has 0 saturated carbocycles. The molecule has 24 heavy (non-hydrogen) atoms. The van der Waals surface area contributed by atoms with Gasteiger partial charge in [0.15, 0.2) is 0 Å². The topological polar surface area (TPSA) is 25.1 Å². The van der Waals surface area contributed by atoms with E-state index in [9.17, 15) is 0 Å². The summed E-state index contributed by atoms with van der Waals surface area (Å²) in [5.41, 5.74) is 4.39. The second-order valence-electron chi connectivity index (χ2n) is 6.15. The zero-order valence-corrected chi connectivity index (χ0v) is 13.2. The first-order chi connectivity index (χ1) is 11.2. The largest absolute Gasteiger partial charge is 0.366 e. The first-order valence-electron chi connectivity index (χ1n) is 7.80. The monoisotopic (exact) mass is 319 g/mol. The minimum atomic E-state index is -0.201. The van der Waals surface area contributed by atoms with Crippen LogP contribution in [0.5, 0.6) is 0 Å². The second-order valence-corrected chi connectivity index (χ2v) is 6.15. The number of aryl methyl sites for hydroxylation is 1. The highest BCUT2D eigenvalue weighted by atomic mass is 16.5. The van der Waals surface area contributed by atoms with Crippen molar-refractivity contribution in [3.63, 3.8) is 0 Å². The Labute approximate surface area is 143 Å². The fraction of sp³-hybridized carbons (Fsp3) is 0.238. The van der Waals surface area contributed by atoms with Crippen LogP contribution in [0.1, 0.15) is 18.6 Å². The third kappa shape index (κ3) is 2.42. The summed E-state index contributed by atoms with van der Waals surface area (Å²) in [5, 5.41) is 1.14. The predicted molar refractivity (Wildman–Crippen MR) is 99.2 cm³/mol. The van der Waals surface area contributed by atoms with Crippen molar-refractivity contribution in [3.05, 3.63) is 71.9 Å². The Hall–Kier alpha value is -2.52. The first-order valence-corrected chi connectivity index (χ1v) is 7.80. The van der Waals surface area contributed by atoms with Gasteiger partial charge in [-0.2, -0.15) is 4.58 Å². The van der Waals surface area contributed by atoms with Crippen molar-refractivity contribution in [3.8, 4) is 0 Å². The first kappa shape index (κ1) is 16.3. The van der Waals surface area contributed by atoms with E-state index in [1.54, 1.807) is 0 Å². The minimum absolute atomic E-state index is 0. The number of rotatable bonds is 3. The predicted octanol–water partition coefficient (Wildman–Crippen LogP) is 4.45. The highest BCUT2D eigenvalue weighted by Gasteiger charge is 2.51. The van der Waals surface area contributed by atoms with Crippen LogP contribution in [-0.4, -0.2) is 29.5 Å². The van der Waals surface area contributed by atoms with Gasteiger partial charge in [-0.05, 0) is 24.6 Å². The Balaban J connectivity index is 0.00000169. The van der Waals surface area contributed by atoms with E-state index < -0.39 is 0 Å². The number of hydrogen-bond donors (Lipinski definition) is 0. The second kappa shape index (κ2) is 6.17. The molecule has 4 rings (SSSR count). The van der Waals surface area contributed by atoms with E-state index in [1.807, 2.05) is 12.3 Å². The van der Waals surface area contributed by atoms with Gasteiger partial charge < -0.3 is 4.74 Å². The number of fused-ring (bicyclic) bond motifs is 1. The van der Waals surface area contributed by atoms with Gasteiger partial charge in [0, 0.05) is 29.3 Å². The molecule has 122 valence electrons. The molecule has 0 N–H and O–H groups in total. The normalized spacial score (nSPS) is 15.4. The average molecular weight is 319 g/mol. The fourth-order valence-corrected chi connectivity index (χ4v) is 3.32. The lowest BCUT2D eigenvalue weighted by Crippen LogP contribution is -2.53. The van der Waals surface area contributed by atoms with Crippen LogP contribution in [0, 0.1) is 6.92 Å². The minimum Gasteiger partial charge on any atom is -0.366 e. The summed E-state index contributed by atoms with van der Waals surface area (Å²) in [6.45, 7) is 7.81. The van der Waals surface area contributed by atoms with Gasteiger partial charge in [0.05, 0.1) is 5.52 Å². The van der Waals surface area contributed by atoms with Gasteiger partial charge in [0.1, 0.15) is 19.9 Å². The maximum atomic E-state index is 5.58. The molecule has 0 atom stereocenters. The molecule has 0 amide bonds. The van der Waals surface area contributed by atoms with Crippen molar-refractivity contribution >= 4 is 23.3 Å². The number of ether oxygens (including phenoxy) is 1. The number of pyridine rings is 1. The fourth-order valence-electron chi connectivity index (χ4n) is 3.32. The molecule has 1 aromatic heterocycles. The molecule has 3 nitrogen and oxygen atoms in total. The molecule has 0 spiro atoms. The molecule has 0 unspecified atom stereocenters. The quantitative estimate of drug-likeness (QED) is 0.526. The molecule has 1 aliphatic rings. The third-order valence-electron chi connectivity index (χ3n) is 4.75. The molecular formula is C21H23N2O+. The molecule has 3 heteroatoms. The highest BCUT2D eigenvalue weighted by Crippen LogP contribution is 2.39. The molecule has 2 heterocycles. The number of aromatic nitrogens is 1. The Morgan fingerprint density at radius 3 is 2.58 bits per heavy atom. The molecule has 0 radical (unpaired) electrons. The van der Waals surface area contributed by atoms with Gasteiger partial charge in [0.25, 0.3) is 0 Å². The van der Waals surface area contributed by atoms with Gasteiger partial charge >= 0.3 is 0 Å². The maximum Gasteiger partial charge on any atom is 0.239 e. The standard InChI is InChI=1S/C20H19N2O.CH4/c1-15-6-3-4-8-18(15)20(13-23-14-20)22(2)17-10-9-16-7-5-11-21-19(16)12-17;/h3-12H,2,13-14H2,1H3;1H4/q+1;. The smallest absolute Gasteiger partial charge is 0.239 e. The molecule has 2 aromatic carbocycles. The number of nitrogens with zero attached hydrogens (tertiary/aromatic N) is 2. The maximum absolute atomic E-state index is 5.58. The third-order valence-corrected chi connectivity index (χ3v) is 4.75. The van der Waals surface area contributed by atoms with Crippen LogP contribution < -0.4 is 0 Å². The van der Waals surface area contributed by atoms with E-state index in [0.717, 1.165) is 16.6 Å². The van der Waals surface area contributed by atoms with Crippen molar-refractivity contribution in [2.45, 2.75) is 19.9 Å². The lowest BCUT2D eigenvalue weighted by atomic mass is 9.84. The van der Waals surface area contributed by atoms with Crippen molar-refractivity contribution in [2.75, 3.05) is 13.2 Å². The Morgan fingerprint density at radius 1 is 1.08 bits per heavy atom. The van der Waals surface area contributed by atoms with E-state index in [2.05, 4.69) is 71.7 Å². The number of hydrogen-bond acceptors (Lipinski definition) is 2. The van der Waals surface area contributed by atoms with Gasteiger partial charge in [0.2, 0.25) is 11.2 Å².